The van der Waals surface area contributed by atoms with Crippen LogP contribution in [0.15, 0.2) is 18.2 Å². The molecule has 0 N–H and O–H groups in total. The van der Waals surface area contributed by atoms with Gasteiger partial charge in [0.15, 0.2) is 11.6 Å². The molecule has 0 radical (unpaired) electrons. The van der Waals surface area contributed by atoms with Crippen LogP contribution < -0.4 is 4.74 Å². The van der Waals surface area contributed by atoms with Crippen molar-refractivity contribution in [2.24, 2.45) is 0 Å². The van der Waals surface area contributed by atoms with Crippen LogP contribution in [0.5, 0.6) is 5.75 Å². The molecule has 0 aliphatic rings. The van der Waals surface area contributed by atoms with Gasteiger partial charge >= 0.3 is 0 Å². The first-order chi connectivity index (χ1) is 7.38. The molecule has 0 unspecified atom stereocenters. The topological polar surface area (TPSA) is 43.4 Å². The summed E-state index contributed by atoms with van der Waals surface area (Å²) in [7, 11) is -3.04. The van der Waals surface area contributed by atoms with Crippen molar-refractivity contribution in [3.63, 3.8) is 0 Å². The minimum Gasteiger partial charge on any atom is -0.490 e. The minimum atomic E-state index is -3.04. The summed E-state index contributed by atoms with van der Waals surface area (Å²) >= 11 is 0. The van der Waals surface area contributed by atoms with Crippen molar-refractivity contribution in [2.75, 3.05) is 18.6 Å². The van der Waals surface area contributed by atoms with Gasteiger partial charge < -0.3 is 4.74 Å². The van der Waals surface area contributed by atoms with Crippen molar-refractivity contribution in [1.82, 2.24) is 0 Å². The van der Waals surface area contributed by atoms with E-state index in [0.717, 1.165) is 24.5 Å². The third kappa shape index (κ3) is 4.57. The van der Waals surface area contributed by atoms with Crippen LogP contribution >= 0.6 is 0 Å². The molecular weight excluding hydrogens is 238 g/mol. The molecule has 3 nitrogen and oxygen atoms in total. The molecule has 0 aliphatic carbocycles. The van der Waals surface area contributed by atoms with Crippen LogP contribution in [0.3, 0.4) is 0 Å². The van der Waals surface area contributed by atoms with Crippen LogP contribution in [0.2, 0.25) is 0 Å². The van der Waals surface area contributed by atoms with Gasteiger partial charge in [-0.3, -0.25) is 0 Å². The highest BCUT2D eigenvalue weighted by atomic mass is 32.2. The van der Waals surface area contributed by atoms with Crippen LogP contribution in [0.1, 0.15) is 6.42 Å². The maximum absolute atomic E-state index is 13.0. The first-order valence-electron chi connectivity index (χ1n) is 4.64. The van der Waals surface area contributed by atoms with E-state index in [0.29, 0.717) is 0 Å². The molecule has 16 heavy (non-hydrogen) atoms. The Labute approximate surface area is 93.0 Å². The first-order valence-corrected chi connectivity index (χ1v) is 6.70. The lowest BCUT2D eigenvalue weighted by atomic mass is 10.3. The van der Waals surface area contributed by atoms with Crippen molar-refractivity contribution in [3.05, 3.63) is 29.8 Å². The van der Waals surface area contributed by atoms with Crippen LogP contribution in [0.4, 0.5) is 8.78 Å². The average molecular weight is 250 g/mol. The highest BCUT2D eigenvalue weighted by Crippen LogP contribution is 2.17. The van der Waals surface area contributed by atoms with Crippen molar-refractivity contribution >= 4 is 9.84 Å². The molecular formula is C10H12F2O3S. The van der Waals surface area contributed by atoms with Gasteiger partial charge in [-0.05, 0) is 18.6 Å². The second kappa shape index (κ2) is 5.25. The average Bonchev–Trinajstić information content (AvgIpc) is 2.16. The Kier molecular flexibility index (Phi) is 4.23. The lowest BCUT2D eigenvalue weighted by Gasteiger charge is -2.06. The predicted molar refractivity (Wildman–Crippen MR) is 56.2 cm³/mol. The summed E-state index contributed by atoms with van der Waals surface area (Å²) in [6, 6.07) is 2.87. The largest absolute Gasteiger partial charge is 0.490 e. The van der Waals surface area contributed by atoms with Crippen LogP contribution in [-0.2, 0) is 9.84 Å². The Morgan fingerprint density at radius 3 is 2.62 bits per heavy atom. The summed E-state index contributed by atoms with van der Waals surface area (Å²) in [5, 5.41) is 0. The SMILES string of the molecule is CS(=O)(=O)CCCOc1cc(F)ccc1F. The summed E-state index contributed by atoms with van der Waals surface area (Å²) in [5.74, 6) is -1.50. The number of hydrogen-bond donors (Lipinski definition) is 0. The maximum atomic E-state index is 13.0. The van der Waals surface area contributed by atoms with Crippen molar-refractivity contribution in [2.45, 2.75) is 6.42 Å². The Morgan fingerprint density at radius 2 is 2.00 bits per heavy atom. The Balaban J connectivity index is 2.46. The maximum Gasteiger partial charge on any atom is 0.165 e. The molecule has 0 bridgehead atoms. The zero-order valence-electron chi connectivity index (χ0n) is 8.74. The zero-order valence-corrected chi connectivity index (χ0v) is 9.56. The van der Waals surface area contributed by atoms with E-state index in [-0.39, 0.29) is 24.5 Å². The predicted octanol–water partition coefficient (Wildman–Crippen LogP) is 1.78. The van der Waals surface area contributed by atoms with Gasteiger partial charge in [0.25, 0.3) is 0 Å². The van der Waals surface area contributed by atoms with Gasteiger partial charge in [-0.1, -0.05) is 0 Å². The molecule has 0 heterocycles. The van der Waals surface area contributed by atoms with E-state index in [1.54, 1.807) is 0 Å². The van der Waals surface area contributed by atoms with E-state index in [9.17, 15) is 17.2 Å². The third-order valence-electron chi connectivity index (χ3n) is 1.81. The second-order valence-electron chi connectivity index (χ2n) is 3.41. The lowest BCUT2D eigenvalue weighted by Crippen LogP contribution is -2.08. The molecule has 0 amide bonds. The summed E-state index contributed by atoms with van der Waals surface area (Å²) in [6.45, 7) is 0.0352. The van der Waals surface area contributed by atoms with Gasteiger partial charge in [0.2, 0.25) is 0 Å². The Hall–Kier alpha value is -1.17. The summed E-state index contributed by atoms with van der Waals surface area (Å²) in [4.78, 5) is 0. The molecule has 1 aromatic rings. The van der Waals surface area contributed by atoms with Crippen LogP contribution in [0, 0.1) is 11.6 Å². The number of rotatable bonds is 5. The Bertz CT molecular complexity index is 457. The van der Waals surface area contributed by atoms with E-state index < -0.39 is 21.5 Å². The van der Waals surface area contributed by atoms with E-state index in [2.05, 4.69) is 0 Å². The molecule has 0 fully saturated rings. The van der Waals surface area contributed by atoms with Crippen LogP contribution in [-0.4, -0.2) is 27.0 Å². The highest BCUT2D eigenvalue weighted by Gasteiger charge is 2.06. The fourth-order valence-corrected chi connectivity index (χ4v) is 1.73. The fourth-order valence-electron chi connectivity index (χ4n) is 1.09. The lowest BCUT2D eigenvalue weighted by molar-refractivity contribution is 0.300. The van der Waals surface area contributed by atoms with Crippen molar-refractivity contribution in [3.8, 4) is 5.75 Å². The summed E-state index contributed by atoms with van der Waals surface area (Å²) < 4.78 is 52.2. The first kappa shape index (κ1) is 12.9. The molecule has 1 aromatic carbocycles. The minimum absolute atomic E-state index is 0.0352. The monoisotopic (exact) mass is 250 g/mol. The van der Waals surface area contributed by atoms with Gasteiger partial charge in [0.1, 0.15) is 15.7 Å². The van der Waals surface area contributed by atoms with Gasteiger partial charge in [-0.2, -0.15) is 0 Å². The van der Waals surface area contributed by atoms with Gasteiger partial charge in [-0.15, -0.1) is 0 Å². The molecule has 1 rings (SSSR count). The van der Waals surface area contributed by atoms with Crippen LogP contribution in [0.25, 0.3) is 0 Å². The van der Waals surface area contributed by atoms with E-state index in [4.69, 9.17) is 4.74 Å². The van der Waals surface area contributed by atoms with Gasteiger partial charge in [0, 0.05) is 12.3 Å². The number of halogens is 2. The molecule has 6 heteroatoms. The number of hydrogen-bond acceptors (Lipinski definition) is 3. The van der Waals surface area contributed by atoms with E-state index >= 15 is 0 Å². The highest BCUT2D eigenvalue weighted by molar-refractivity contribution is 7.90. The molecule has 0 aromatic heterocycles. The summed E-state index contributed by atoms with van der Waals surface area (Å²) in [6.07, 6.45) is 1.35. The number of benzene rings is 1. The number of sulfone groups is 1. The standard InChI is InChI=1S/C10H12F2O3S/c1-16(13,14)6-2-5-15-10-7-8(11)3-4-9(10)12/h3-4,7H,2,5-6H2,1H3. The quantitative estimate of drug-likeness (QED) is 0.748. The van der Waals surface area contributed by atoms with Crippen molar-refractivity contribution in [1.29, 1.82) is 0 Å². The molecule has 90 valence electrons. The molecule has 0 aliphatic heterocycles. The Morgan fingerprint density at radius 1 is 1.31 bits per heavy atom. The van der Waals surface area contributed by atoms with E-state index in [1.165, 1.54) is 0 Å². The zero-order chi connectivity index (χ0) is 12.2. The fraction of sp³-hybridized carbons (Fsp3) is 0.400. The van der Waals surface area contributed by atoms with Gasteiger partial charge in [0.05, 0.1) is 12.4 Å². The van der Waals surface area contributed by atoms with Gasteiger partial charge in [-0.25, -0.2) is 17.2 Å². The summed E-state index contributed by atoms with van der Waals surface area (Å²) in [5.41, 5.74) is 0. The van der Waals surface area contributed by atoms with E-state index in [1.807, 2.05) is 0 Å². The number of ether oxygens (including phenoxy) is 1. The third-order valence-corrected chi connectivity index (χ3v) is 2.84. The molecule has 0 saturated carbocycles. The second-order valence-corrected chi connectivity index (χ2v) is 5.67. The molecule has 0 saturated heterocycles. The normalized spacial score (nSPS) is 11.4. The molecule has 0 spiro atoms. The molecule has 0 atom stereocenters. The van der Waals surface area contributed by atoms with Crippen molar-refractivity contribution < 1.29 is 21.9 Å². The smallest absolute Gasteiger partial charge is 0.165 e.